The van der Waals surface area contributed by atoms with Gasteiger partial charge in [-0.25, -0.2) is 9.97 Å². The third kappa shape index (κ3) is 4.26. The maximum atomic E-state index is 12.8. The molecular weight excluding hydrogens is 426 g/mol. The van der Waals surface area contributed by atoms with Crippen LogP contribution in [0.4, 0.5) is 0 Å². The molecule has 1 aromatic carbocycles. The molecule has 1 aliphatic rings. The number of benzene rings is 1. The summed E-state index contributed by atoms with van der Waals surface area (Å²) in [6, 6.07) is 12.6. The number of thiazole rings is 1. The lowest BCUT2D eigenvalue weighted by Gasteiger charge is -2.34. The predicted molar refractivity (Wildman–Crippen MR) is 126 cm³/mol. The fraction of sp³-hybridized carbons (Fsp3) is 0.292. The summed E-state index contributed by atoms with van der Waals surface area (Å²) in [5.41, 5.74) is 5.83. The number of amides is 1. The van der Waals surface area contributed by atoms with Crippen molar-refractivity contribution in [3.05, 3.63) is 69.0 Å². The van der Waals surface area contributed by atoms with Crippen LogP contribution in [0.5, 0.6) is 0 Å². The van der Waals surface area contributed by atoms with Crippen molar-refractivity contribution in [1.82, 2.24) is 15.3 Å². The number of nitrogens with one attached hydrogen (secondary N) is 1. The molecule has 158 valence electrons. The molecule has 0 unspecified atom stereocenters. The van der Waals surface area contributed by atoms with Gasteiger partial charge >= 0.3 is 0 Å². The van der Waals surface area contributed by atoms with Gasteiger partial charge in [-0.15, -0.1) is 22.7 Å². The average Bonchev–Trinajstić information content (AvgIpc) is 3.39. The van der Waals surface area contributed by atoms with Gasteiger partial charge in [-0.1, -0.05) is 24.3 Å². The fourth-order valence-electron chi connectivity index (χ4n) is 3.92. The minimum absolute atomic E-state index is 0.108. The Morgan fingerprint density at radius 1 is 1.16 bits per heavy atom. The van der Waals surface area contributed by atoms with E-state index >= 15 is 0 Å². The number of aromatic nitrogens is 2. The van der Waals surface area contributed by atoms with Gasteiger partial charge in [0, 0.05) is 24.1 Å². The van der Waals surface area contributed by atoms with E-state index < -0.39 is 0 Å². The molecular formula is C24H23N3O2S2. The number of thiophene rings is 1. The van der Waals surface area contributed by atoms with Gasteiger partial charge in [0.2, 0.25) is 0 Å². The first-order chi connectivity index (χ1) is 15.1. The summed E-state index contributed by atoms with van der Waals surface area (Å²) in [6.45, 7) is 2.02. The van der Waals surface area contributed by atoms with E-state index in [-0.39, 0.29) is 18.1 Å². The monoisotopic (exact) mass is 449 g/mol. The Morgan fingerprint density at radius 3 is 2.68 bits per heavy atom. The molecule has 1 N–H and O–H groups in total. The number of hydrogen-bond acceptors (Lipinski definition) is 6. The Hall–Kier alpha value is -2.61. The molecule has 7 heteroatoms. The first-order valence-electron chi connectivity index (χ1n) is 10.3. The number of carbonyl (C=O) groups is 1. The van der Waals surface area contributed by atoms with Crippen LogP contribution in [0.2, 0.25) is 0 Å². The van der Waals surface area contributed by atoms with E-state index in [1.54, 1.807) is 29.8 Å². The number of fused-ring (bicyclic) bond motifs is 1. The van der Waals surface area contributed by atoms with Gasteiger partial charge in [-0.3, -0.25) is 4.79 Å². The first kappa shape index (κ1) is 20.3. The number of aryl methyl sites for hydroxylation is 1. The van der Waals surface area contributed by atoms with Crippen molar-refractivity contribution in [3.8, 4) is 11.3 Å². The van der Waals surface area contributed by atoms with Gasteiger partial charge in [0.05, 0.1) is 27.0 Å². The third-order valence-electron chi connectivity index (χ3n) is 5.75. The van der Waals surface area contributed by atoms with Gasteiger partial charge in [0.1, 0.15) is 5.69 Å². The molecule has 0 bridgehead atoms. The molecule has 1 aliphatic carbocycles. The Morgan fingerprint density at radius 2 is 1.97 bits per heavy atom. The summed E-state index contributed by atoms with van der Waals surface area (Å²) in [5.74, 6) is -0.108. The minimum atomic E-state index is -0.108. The van der Waals surface area contributed by atoms with Crippen LogP contribution in [-0.4, -0.2) is 35.1 Å². The number of carbonyl (C=O) groups excluding carboxylic acids is 1. The molecule has 3 aromatic heterocycles. The Kier molecular flexibility index (Phi) is 5.56. The maximum absolute atomic E-state index is 12.8. The van der Waals surface area contributed by atoms with Gasteiger partial charge in [0.25, 0.3) is 5.91 Å². The van der Waals surface area contributed by atoms with Gasteiger partial charge < -0.3 is 10.1 Å². The highest BCUT2D eigenvalue weighted by Crippen LogP contribution is 2.28. The van der Waals surface area contributed by atoms with Crippen LogP contribution in [0.25, 0.3) is 21.5 Å². The second-order valence-corrected chi connectivity index (χ2v) is 9.90. The summed E-state index contributed by atoms with van der Waals surface area (Å²) in [5, 5.41) is 8.28. The highest BCUT2D eigenvalue weighted by molar-refractivity contribution is 7.17. The quantitative estimate of drug-likeness (QED) is 0.438. The lowest BCUT2D eigenvalue weighted by molar-refractivity contribution is 0.0175. The number of hydrogen-bond donors (Lipinski definition) is 1. The molecule has 31 heavy (non-hydrogen) atoms. The van der Waals surface area contributed by atoms with E-state index in [9.17, 15) is 4.79 Å². The van der Waals surface area contributed by atoms with Crippen LogP contribution >= 0.6 is 22.7 Å². The number of nitrogens with zero attached hydrogens (tertiary/aromatic N) is 2. The van der Waals surface area contributed by atoms with Crippen molar-refractivity contribution >= 4 is 38.8 Å². The standard InChI is InChI=1S/C24H23N3O2S2/c1-14-25-22(13-31-14)16-5-3-15(4-6-16)9-17-10-21(27-20-7-8-30-23(17)20)24(28)26-18-11-19(12-18)29-2/h3-8,10,13,18-19H,9,11-12H2,1-2H3,(H,26,28). The zero-order valence-corrected chi connectivity index (χ0v) is 19.1. The van der Waals surface area contributed by atoms with Gasteiger partial charge in [-0.2, -0.15) is 0 Å². The van der Waals surface area contributed by atoms with E-state index in [2.05, 4.69) is 44.9 Å². The van der Waals surface area contributed by atoms with Crippen LogP contribution in [0.1, 0.15) is 39.5 Å². The first-order valence-corrected chi connectivity index (χ1v) is 12.1. The molecule has 1 amide bonds. The van der Waals surface area contributed by atoms with Gasteiger partial charge in [-0.05, 0) is 54.8 Å². The molecule has 1 fully saturated rings. The van der Waals surface area contributed by atoms with Crippen molar-refractivity contribution in [1.29, 1.82) is 0 Å². The van der Waals surface area contributed by atoms with Crippen molar-refractivity contribution in [2.24, 2.45) is 0 Å². The highest BCUT2D eigenvalue weighted by Gasteiger charge is 2.30. The molecule has 0 aliphatic heterocycles. The molecule has 0 radical (unpaired) electrons. The van der Waals surface area contributed by atoms with Crippen LogP contribution in [0.3, 0.4) is 0 Å². The average molecular weight is 450 g/mol. The Balaban J connectivity index is 1.36. The van der Waals surface area contributed by atoms with E-state index in [1.807, 2.05) is 24.4 Å². The van der Waals surface area contributed by atoms with Gasteiger partial charge in [0.15, 0.2) is 0 Å². The molecule has 0 spiro atoms. The highest BCUT2D eigenvalue weighted by atomic mass is 32.1. The topological polar surface area (TPSA) is 64.1 Å². The fourth-order valence-corrected chi connectivity index (χ4v) is 5.39. The van der Waals surface area contributed by atoms with Crippen LogP contribution in [0, 0.1) is 6.92 Å². The molecule has 3 heterocycles. The molecule has 0 saturated heterocycles. The Labute approximate surface area is 189 Å². The smallest absolute Gasteiger partial charge is 0.270 e. The lowest BCUT2D eigenvalue weighted by atomic mass is 9.89. The van der Waals surface area contributed by atoms with E-state index in [0.717, 1.165) is 51.3 Å². The maximum Gasteiger partial charge on any atom is 0.270 e. The van der Waals surface area contributed by atoms with E-state index in [0.29, 0.717) is 5.69 Å². The van der Waals surface area contributed by atoms with Crippen LogP contribution < -0.4 is 5.32 Å². The number of methoxy groups -OCH3 is 1. The predicted octanol–water partition coefficient (Wildman–Crippen LogP) is 5.23. The van der Waals surface area contributed by atoms with Crippen molar-refractivity contribution in [3.63, 3.8) is 0 Å². The van der Waals surface area contributed by atoms with Crippen molar-refractivity contribution < 1.29 is 9.53 Å². The lowest BCUT2D eigenvalue weighted by Crippen LogP contribution is -2.47. The summed E-state index contributed by atoms with van der Waals surface area (Å²) < 4.78 is 6.44. The second-order valence-electron chi connectivity index (χ2n) is 7.93. The van der Waals surface area contributed by atoms with Crippen LogP contribution in [0.15, 0.2) is 47.2 Å². The molecule has 5 nitrogen and oxygen atoms in total. The van der Waals surface area contributed by atoms with Crippen molar-refractivity contribution in [2.75, 3.05) is 7.11 Å². The summed E-state index contributed by atoms with van der Waals surface area (Å²) in [7, 11) is 1.71. The minimum Gasteiger partial charge on any atom is -0.381 e. The van der Waals surface area contributed by atoms with Crippen molar-refractivity contribution in [2.45, 2.75) is 38.3 Å². The second kappa shape index (κ2) is 8.49. The number of rotatable bonds is 6. The molecule has 0 atom stereocenters. The normalized spacial score (nSPS) is 18.1. The number of pyridine rings is 1. The SMILES string of the molecule is COC1CC(NC(=O)c2cc(Cc3ccc(-c4csc(C)n4)cc3)c3sccc3n2)C1. The molecule has 1 saturated carbocycles. The zero-order valence-electron chi connectivity index (χ0n) is 17.4. The van der Waals surface area contributed by atoms with E-state index in [4.69, 9.17) is 4.74 Å². The summed E-state index contributed by atoms with van der Waals surface area (Å²) in [4.78, 5) is 22.0. The summed E-state index contributed by atoms with van der Waals surface area (Å²) >= 11 is 3.33. The Bertz CT molecular complexity index is 1220. The molecule has 4 aromatic rings. The largest absolute Gasteiger partial charge is 0.381 e. The molecule has 5 rings (SSSR count). The van der Waals surface area contributed by atoms with Crippen LogP contribution in [-0.2, 0) is 11.2 Å². The zero-order chi connectivity index (χ0) is 21.4. The number of ether oxygens (including phenoxy) is 1. The third-order valence-corrected chi connectivity index (χ3v) is 7.50. The summed E-state index contributed by atoms with van der Waals surface area (Å²) in [6.07, 6.45) is 2.73. The van der Waals surface area contributed by atoms with E-state index in [1.165, 1.54) is 5.56 Å².